The molecule has 0 atom stereocenters. The molecule has 0 aromatic heterocycles. The highest BCUT2D eigenvalue weighted by atomic mass is 16.5. The summed E-state index contributed by atoms with van der Waals surface area (Å²) in [5.41, 5.74) is 2.41. The van der Waals surface area contributed by atoms with E-state index < -0.39 is 0 Å². The van der Waals surface area contributed by atoms with Crippen molar-refractivity contribution in [1.29, 1.82) is 0 Å². The summed E-state index contributed by atoms with van der Waals surface area (Å²) in [7, 11) is 0. The maximum Gasteiger partial charge on any atom is 0.196 e. The Morgan fingerprint density at radius 1 is 1.20 bits per heavy atom. The van der Waals surface area contributed by atoms with Gasteiger partial charge in [0.15, 0.2) is 5.78 Å². The average molecular weight is 268 g/mol. The third kappa shape index (κ3) is 2.27. The van der Waals surface area contributed by atoms with Crippen molar-refractivity contribution in [1.82, 2.24) is 0 Å². The largest absolute Gasteiger partial charge is 0.494 e. The first-order chi connectivity index (χ1) is 9.79. The van der Waals surface area contributed by atoms with Crippen LogP contribution in [0.1, 0.15) is 28.4 Å². The van der Waals surface area contributed by atoms with Crippen LogP contribution in [0.4, 0.5) is 0 Å². The second-order valence-corrected chi connectivity index (χ2v) is 4.68. The summed E-state index contributed by atoms with van der Waals surface area (Å²) >= 11 is 0. The van der Waals surface area contributed by atoms with Gasteiger partial charge < -0.3 is 9.47 Å². The monoisotopic (exact) mass is 268 g/mol. The van der Waals surface area contributed by atoms with E-state index in [0.717, 1.165) is 23.5 Å². The van der Waals surface area contributed by atoms with Gasteiger partial charge >= 0.3 is 0 Å². The molecular formula is C17H16O3. The normalized spacial score (nSPS) is 12.7. The Labute approximate surface area is 118 Å². The molecule has 0 unspecified atom stereocenters. The molecule has 0 fully saturated rings. The fourth-order valence-corrected chi connectivity index (χ4v) is 2.42. The zero-order valence-corrected chi connectivity index (χ0v) is 11.4. The Morgan fingerprint density at radius 3 is 2.75 bits per heavy atom. The fourth-order valence-electron chi connectivity index (χ4n) is 2.42. The number of para-hydroxylation sites is 1. The van der Waals surface area contributed by atoms with E-state index >= 15 is 0 Å². The highest BCUT2D eigenvalue weighted by Gasteiger charge is 2.21. The third-order valence-corrected chi connectivity index (χ3v) is 3.39. The minimum absolute atomic E-state index is 0.00759. The first kappa shape index (κ1) is 12.7. The Kier molecular flexibility index (Phi) is 3.42. The molecule has 3 heteroatoms. The standard InChI is InChI=1S/C17H16O3/c1-2-19-14-8-6-12(7-9-14)16(18)15-5-3-4-13-10-11-20-17(13)15/h3-9H,2,10-11H2,1H3. The van der Waals surface area contributed by atoms with Gasteiger partial charge in [0.25, 0.3) is 0 Å². The van der Waals surface area contributed by atoms with Gasteiger partial charge in [-0.1, -0.05) is 12.1 Å². The van der Waals surface area contributed by atoms with Gasteiger partial charge in [0.05, 0.1) is 18.8 Å². The lowest BCUT2D eigenvalue weighted by molar-refractivity contribution is 0.103. The van der Waals surface area contributed by atoms with Crippen LogP contribution in [0.5, 0.6) is 11.5 Å². The topological polar surface area (TPSA) is 35.5 Å². The molecule has 3 rings (SSSR count). The molecule has 0 spiro atoms. The summed E-state index contributed by atoms with van der Waals surface area (Å²) in [5, 5.41) is 0. The molecule has 1 aliphatic rings. The number of rotatable bonds is 4. The maximum atomic E-state index is 12.6. The van der Waals surface area contributed by atoms with Gasteiger partial charge in [0.2, 0.25) is 0 Å². The number of hydrogen-bond acceptors (Lipinski definition) is 3. The van der Waals surface area contributed by atoms with E-state index in [1.807, 2.05) is 37.3 Å². The zero-order valence-electron chi connectivity index (χ0n) is 11.4. The van der Waals surface area contributed by atoms with E-state index in [-0.39, 0.29) is 5.78 Å². The molecule has 0 N–H and O–H groups in total. The summed E-state index contributed by atoms with van der Waals surface area (Å²) in [5.74, 6) is 1.51. The van der Waals surface area contributed by atoms with Crippen LogP contribution in [0, 0.1) is 0 Å². The van der Waals surface area contributed by atoms with Crippen LogP contribution in [0.3, 0.4) is 0 Å². The second kappa shape index (κ2) is 5.37. The number of benzene rings is 2. The lowest BCUT2D eigenvalue weighted by Crippen LogP contribution is -2.04. The van der Waals surface area contributed by atoms with Gasteiger partial charge in [-0.3, -0.25) is 4.79 Å². The molecule has 3 nitrogen and oxygen atoms in total. The number of ether oxygens (including phenoxy) is 2. The second-order valence-electron chi connectivity index (χ2n) is 4.68. The molecule has 1 aliphatic heterocycles. The molecule has 0 saturated heterocycles. The van der Waals surface area contributed by atoms with Crippen LogP contribution in [-0.4, -0.2) is 19.0 Å². The molecule has 0 amide bonds. The van der Waals surface area contributed by atoms with Crippen molar-refractivity contribution >= 4 is 5.78 Å². The van der Waals surface area contributed by atoms with Crippen molar-refractivity contribution in [3.63, 3.8) is 0 Å². The van der Waals surface area contributed by atoms with E-state index in [9.17, 15) is 4.79 Å². The van der Waals surface area contributed by atoms with Gasteiger partial charge in [0.1, 0.15) is 11.5 Å². The highest BCUT2D eigenvalue weighted by molar-refractivity contribution is 6.11. The molecule has 0 aliphatic carbocycles. The number of hydrogen-bond donors (Lipinski definition) is 0. The number of ketones is 1. The smallest absolute Gasteiger partial charge is 0.196 e. The first-order valence-corrected chi connectivity index (χ1v) is 6.82. The number of fused-ring (bicyclic) bond motifs is 1. The van der Waals surface area contributed by atoms with Crippen LogP contribution in [-0.2, 0) is 6.42 Å². The minimum atomic E-state index is -0.00759. The van der Waals surface area contributed by atoms with E-state index in [1.54, 1.807) is 12.1 Å². The Hall–Kier alpha value is -2.29. The molecule has 102 valence electrons. The molecule has 20 heavy (non-hydrogen) atoms. The zero-order chi connectivity index (χ0) is 13.9. The highest BCUT2D eigenvalue weighted by Crippen LogP contribution is 2.31. The predicted molar refractivity (Wildman–Crippen MR) is 76.7 cm³/mol. The van der Waals surface area contributed by atoms with Gasteiger partial charge in [-0.25, -0.2) is 0 Å². The van der Waals surface area contributed by atoms with Crippen molar-refractivity contribution in [3.8, 4) is 11.5 Å². The quantitative estimate of drug-likeness (QED) is 0.798. The SMILES string of the molecule is CCOc1ccc(C(=O)c2cccc3c2OCC3)cc1. The van der Waals surface area contributed by atoms with E-state index in [1.165, 1.54) is 0 Å². The Bertz CT molecular complexity index is 629. The molecule has 2 aromatic carbocycles. The van der Waals surface area contributed by atoms with Crippen molar-refractivity contribution in [2.75, 3.05) is 13.2 Å². The van der Waals surface area contributed by atoms with Gasteiger partial charge in [-0.15, -0.1) is 0 Å². The van der Waals surface area contributed by atoms with Crippen molar-refractivity contribution in [3.05, 3.63) is 59.2 Å². The third-order valence-electron chi connectivity index (χ3n) is 3.39. The lowest BCUT2D eigenvalue weighted by atomic mass is 10.00. The molecular weight excluding hydrogens is 252 g/mol. The summed E-state index contributed by atoms with van der Waals surface area (Å²) < 4.78 is 11.0. The van der Waals surface area contributed by atoms with Crippen molar-refractivity contribution in [2.45, 2.75) is 13.3 Å². The summed E-state index contributed by atoms with van der Waals surface area (Å²) in [4.78, 5) is 12.6. The average Bonchev–Trinajstić information content (AvgIpc) is 2.96. The lowest BCUT2D eigenvalue weighted by Gasteiger charge is -2.08. The Balaban J connectivity index is 1.91. The van der Waals surface area contributed by atoms with E-state index in [4.69, 9.17) is 9.47 Å². The summed E-state index contributed by atoms with van der Waals surface area (Å²) in [6.45, 7) is 3.21. The molecule has 1 heterocycles. The van der Waals surface area contributed by atoms with Crippen LogP contribution >= 0.6 is 0 Å². The maximum absolute atomic E-state index is 12.6. The van der Waals surface area contributed by atoms with Crippen LogP contribution < -0.4 is 9.47 Å². The van der Waals surface area contributed by atoms with Crippen LogP contribution in [0.25, 0.3) is 0 Å². The van der Waals surface area contributed by atoms with Gasteiger partial charge in [-0.2, -0.15) is 0 Å². The number of carbonyl (C=O) groups is 1. The van der Waals surface area contributed by atoms with Gasteiger partial charge in [-0.05, 0) is 42.8 Å². The van der Waals surface area contributed by atoms with Crippen molar-refractivity contribution in [2.24, 2.45) is 0 Å². The molecule has 2 aromatic rings. The first-order valence-electron chi connectivity index (χ1n) is 6.82. The van der Waals surface area contributed by atoms with Crippen LogP contribution in [0.15, 0.2) is 42.5 Å². The van der Waals surface area contributed by atoms with Crippen LogP contribution in [0.2, 0.25) is 0 Å². The predicted octanol–water partition coefficient (Wildman–Crippen LogP) is 3.25. The summed E-state index contributed by atoms with van der Waals surface area (Å²) in [6, 6.07) is 13.0. The molecule has 0 bridgehead atoms. The molecule has 0 radical (unpaired) electrons. The number of carbonyl (C=O) groups excluding carboxylic acids is 1. The fraction of sp³-hybridized carbons (Fsp3) is 0.235. The minimum Gasteiger partial charge on any atom is -0.494 e. The van der Waals surface area contributed by atoms with E-state index in [0.29, 0.717) is 24.3 Å². The van der Waals surface area contributed by atoms with Crippen molar-refractivity contribution < 1.29 is 14.3 Å². The molecule has 0 saturated carbocycles. The summed E-state index contributed by atoms with van der Waals surface area (Å²) in [6.07, 6.45) is 0.875. The van der Waals surface area contributed by atoms with E-state index in [2.05, 4.69) is 0 Å². The van der Waals surface area contributed by atoms with Gasteiger partial charge in [0, 0.05) is 12.0 Å². The Morgan fingerprint density at radius 2 is 2.00 bits per heavy atom.